The molecule has 194 valence electrons. The topological polar surface area (TPSA) is 112 Å². The third-order valence-corrected chi connectivity index (χ3v) is 9.96. The number of ether oxygens (including phenoxy) is 1. The minimum atomic E-state index is -0.674. The van der Waals surface area contributed by atoms with Gasteiger partial charge < -0.3 is 19.8 Å². The van der Waals surface area contributed by atoms with Gasteiger partial charge in [-0.15, -0.1) is 11.3 Å². The Balaban J connectivity index is 1.67. The van der Waals surface area contributed by atoms with E-state index in [-0.39, 0.29) is 36.4 Å². The van der Waals surface area contributed by atoms with Gasteiger partial charge in [0.2, 0.25) is 5.91 Å². The number of anilines is 1. The van der Waals surface area contributed by atoms with Gasteiger partial charge in [0.05, 0.1) is 18.4 Å². The number of carbonyl (C=O) groups is 2. The number of rotatable bonds is 6. The Morgan fingerprint density at radius 2 is 2.03 bits per heavy atom. The van der Waals surface area contributed by atoms with Gasteiger partial charge in [-0.3, -0.25) is 10.1 Å². The summed E-state index contributed by atoms with van der Waals surface area (Å²) in [5.74, 6) is 0.605. The average molecular weight is 506 g/mol. The van der Waals surface area contributed by atoms with Crippen molar-refractivity contribution in [1.82, 2.24) is 9.88 Å². The van der Waals surface area contributed by atoms with Crippen LogP contribution in [0.2, 0.25) is 0 Å². The highest BCUT2D eigenvalue weighted by molar-refractivity contribution is 7.15. The van der Waals surface area contributed by atoms with E-state index >= 15 is 0 Å². The molecule has 1 saturated heterocycles. The van der Waals surface area contributed by atoms with Crippen LogP contribution in [0.15, 0.2) is 12.7 Å². The van der Waals surface area contributed by atoms with Gasteiger partial charge in [-0.05, 0) is 49.4 Å². The molecule has 1 aliphatic heterocycles. The van der Waals surface area contributed by atoms with Gasteiger partial charge in [-0.1, -0.05) is 33.4 Å². The molecule has 0 bridgehead atoms. The summed E-state index contributed by atoms with van der Waals surface area (Å²) in [5.41, 5.74) is -0.118. The quantitative estimate of drug-likeness (QED) is 0.505. The molecule has 35 heavy (non-hydrogen) atoms. The van der Waals surface area contributed by atoms with Crippen LogP contribution in [-0.4, -0.2) is 64.5 Å². The van der Waals surface area contributed by atoms with Crippen LogP contribution in [0.1, 0.15) is 69.4 Å². The molecule has 1 aromatic rings. The maximum Gasteiger partial charge on any atom is 0.413 e. The van der Waals surface area contributed by atoms with Crippen LogP contribution in [0, 0.1) is 22.7 Å². The molecule has 0 spiro atoms. The summed E-state index contributed by atoms with van der Waals surface area (Å²) in [7, 11) is 0. The Hall–Kier alpha value is -1.97. The van der Waals surface area contributed by atoms with Crippen LogP contribution >= 0.6 is 11.3 Å². The van der Waals surface area contributed by atoms with Crippen molar-refractivity contribution in [3.8, 4) is 0 Å². The van der Waals surface area contributed by atoms with Gasteiger partial charge in [-0.25, -0.2) is 9.78 Å². The second-order valence-electron chi connectivity index (χ2n) is 11.1. The Kier molecular flexibility index (Phi) is 7.60. The molecule has 1 aromatic heterocycles. The van der Waals surface area contributed by atoms with Crippen molar-refractivity contribution < 1.29 is 24.5 Å². The van der Waals surface area contributed by atoms with Crippen LogP contribution in [0.25, 0.3) is 0 Å². The molecule has 9 heteroatoms. The van der Waals surface area contributed by atoms with Crippen LogP contribution in [0.5, 0.6) is 0 Å². The van der Waals surface area contributed by atoms with Crippen LogP contribution in [-0.2, 0) is 16.0 Å². The minimum absolute atomic E-state index is 0.0172. The third-order valence-electron chi connectivity index (χ3n) is 8.95. The molecular formula is C26H39N3O5S. The van der Waals surface area contributed by atoms with Gasteiger partial charge in [0, 0.05) is 35.7 Å². The highest BCUT2D eigenvalue weighted by atomic mass is 32.1. The predicted molar refractivity (Wildman–Crippen MR) is 135 cm³/mol. The summed E-state index contributed by atoms with van der Waals surface area (Å²) in [6.45, 7) is 11.5. The lowest BCUT2D eigenvalue weighted by atomic mass is 9.47. The standard InChI is InChI=1S/C26H39N3O5S/c1-5-12-34-24(33)28-23-27-22-17(13-21(32)29-10-7-16(2)8-11-29)25(3)9-6-20(31)26(4,15-30)19(25)14-18(22)35-23/h5,16-17,19-20,30-31H,1,6-15H2,2-4H3,(H,27,28,33)/t17-,19+,20-,25+,26+/m1/s1. The van der Waals surface area contributed by atoms with Gasteiger partial charge in [0.25, 0.3) is 0 Å². The summed E-state index contributed by atoms with van der Waals surface area (Å²) in [5, 5.41) is 24.5. The maximum absolute atomic E-state index is 13.5. The number of likely N-dealkylation sites (tertiary alicyclic amines) is 1. The fourth-order valence-electron chi connectivity index (χ4n) is 6.52. The van der Waals surface area contributed by atoms with Gasteiger partial charge in [0.1, 0.15) is 6.61 Å². The zero-order chi connectivity index (χ0) is 25.4. The molecule has 2 heterocycles. The number of amides is 2. The predicted octanol–water partition coefficient (Wildman–Crippen LogP) is 3.94. The lowest BCUT2D eigenvalue weighted by molar-refractivity contribution is -0.147. The fourth-order valence-corrected chi connectivity index (χ4v) is 7.57. The first-order chi connectivity index (χ1) is 16.6. The van der Waals surface area contributed by atoms with E-state index in [2.05, 4.69) is 25.7 Å². The van der Waals surface area contributed by atoms with E-state index in [0.717, 1.165) is 42.9 Å². The first-order valence-corrected chi connectivity index (χ1v) is 13.5. The molecule has 0 aromatic carbocycles. The fraction of sp³-hybridized carbons (Fsp3) is 0.731. The number of fused-ring (bicyclic) bond motifs is 2. The molecule has 0 unspecified atom stereocenters. The second-order valence-corrected chi connectivity index (χ2v) is 12.2. The van der Waals surface area contributed by atoms with Crippen molar-refractivity contribution >= 4 is 28.5 Å². The molecule has 3 aliphatic rings. The number of nitrogens with one attached hydrogen (secondary N) is 1. The van der Waals surface area contributed by atoms with Gasteiger partial charge in [-0.2, -0.15) is 0 Å². The molecule has 8 nitrogen and oxygen atoms in total. The number of aromatic nitrogens is 1. The zero-order valence-corrected chi connectivity index (χ0v) is 21.9. The number of aliphatic hydroxyl groups is 2. The van der Waals surface area contributed by atoms with E-state index in [4.69, 9.17) is 9.72 Å². The van der Waals surface area contributed by atoms with Crippen molar-refractivity contribution in [2.75, 3.05) is 31.6 Å². The first-order valence-electron chi connectivity index (χ1n) is 12.7. The van der Waals surface area contributed by atoms with Crippen molar-refractivity contribution in [3.63, 3.8) is 0 Å². The molecule has 0 radical (unpaired) electrons. The van der Waals surface area contributed by atoms with Crippen molar-refractivity contribution in [2.45, 2.75) is 71.3 Å². The number of hydrogen-bond acceptors (Lipinski definition) is 7. The summed E-state index contributed by atoms with van der Waals surface area (Å²) in [6, 6.07) is 0. The number of hydrogen-bond donors (Lipinski definition) is 3. The molecule has 4 rings (SSSR count). The number of nitrogens with zero attached hydrogens (tertiary/aromatic N) is 2. The number of piperidine rings is 1. The summed E-state index contributed by atoms with van der Waals surface area (Å²) >= 11 is 1.39. The average Bonchev–Trinajstić information content (AvgIpc) is 3.23. The van der Waals surface area contributed by atoms with E-state index in [1.165, 1.54) is 17.4 Å². The van der Waals surface area contributed by atoms with Crippen LogP contribution in [0.4, 0.5) is 9.93 Å². The van der Waals surface area contributed by atoms with Crippen LogP contribution < -0.4 is 5.32 Å². The van der Waals surface area contributed by atoms with E-state index in [9.17, 15) is 19.8 Å². The van der Waals surface area contributed by atoms with Crippen LogP contribution in [0.3, 0.4) is 0 Å². The van der Waals surface area contributed by atoms with E-state index in [1.54, 1.807) is 0 Å². The molecule has 2 aliphatic carbocycles. The third kappa shape index (κ3) is 4.87. The molecular weight excluding hydrogens is 466 g/mol. The van der Waals surface area contributed by atoms with E-state index in [0.29, 0.717) is 30.3 Å². The highest BCUT2D eigenvalue weighted by Gasteiger charge is 2.59. The first kappa shape index (κ1) is 26.1. The minimum Gasteiger partial charge on any atom is -0.445 e. The van der Waals surface area contributed by atoms with Crippen molar-refractivity contribution in [3.05, 3.63) is 23.2 Å². The van der Waals surface area contributed by atoms with Gasteiger partial charge >= 0.3 is 6.09 Å². The Bertz CT molecular complexity index is 959. The molecule has 2 fully saturated rings. The lowest BCUT2D eigenvalue weighted by Gasteiger charge is -2.58. The molecule has 5 atom stereocenters. The highest BCUT2D eigenvalue weighted by Crippen LogP contribution is 2.63. The Morgan fingerprint density at radius 3 is 2.69 bits per heavy atom. The molecule has 2 amide bonds. The number of carbonyl (C=O) groups excluding carboxylic acids is 2. The largest absolute Gasteiger partial charge is 0.445 e. The van der Waals surface area contributed by atoms with E-state index < -0.39 is 17.6 Å². The number of aliphatic hydroxyl groups excluding tert-OH is 2. The molecule has 3 N–H and O–H groups in total. The van der Waals surface area contributed by atoms with Gasteiger partial charge in [0.15, 0.2) is 5.13 Å². The summed E-state index contributed by atoms with van der Waals surface area (Å²) in [6.07, 6.45) is 4.67. The summed E-state index contributed by atoms with van der Waals surface area (Å²) in [4.78, 5) is 33.4. The Labute approximate surface area is 211 Å². The second kappa shape index (κ2) is 10.2. The smallest absolute Gasteiger partial charge is 0.413 e. The zero-order valence-electron chi connectivity index (χ0n) is 21.1. The normalized spacial score (nSPS) is 32.9. The maximum atomic E-state index is 13.5. The summed E-state index contributed by atoms with van der Waals surface area (Å²) < 4.78 is 5.06. The Morgan fingerprint density at radius 1 is 1.31 bits per heavy atom. The SMILES string of the molecule is C=CCOC(=O)Nc1nc2c(s1)C[C@@H]1[C@](C)(CO)[C@H](O)CC[C@@]1(C)[C@@H]2CC(=O)N1CCC(C)CC1. The van der Waals surface area contributed by atoms with Crippen molar-refractivity contribution in [2.24, 2.45) is 22.7 Å². The molecule has 1 saturated carbocycles. The lowest BCUT2D eigenvalue weighted by Crippen LogP contribution is -2.57. The van der Waals surface area contributed by atoms with E-state index in [1.807, 2.05) is 11.8 Å². The van der Waals surface area contributed by atoms with Crippen molar-refractivity contribution in [1.29, 1.82) is 0 Å². The monoisotopic (exact) mass is 505 g/mol. The number of thiazole rings is 1.